The number of ether oxygens (including phenoxy) is 2. The summed E-state index contributed by atoms with van der Waals surface area (Å²) >= 11 is 5.78. The van der Waals surface area contributed by atoms with Crippen molar-refractivity contribution in [3.05, 3.63) is 103 Å². The van der Waals surface area contributed by atoms with Gasteiger partial charge in [0.2, 0.25) is 11.2 Å². The van der Waals surface area contributed by atoms with Crippen LogP contribution in [0.3, 0.4) is 0 Å². The monoisotopic (exact) mass is 479 g/mol. The topological polar surface area (TPSA) is 109 Å². The molecule has 0 aliphatic heterocycles. The van der Waals surface area contributed by atoms with Crippen molar-refractivity contribution < 1.29 is 23.6 Å². The molecule has 0 radical (unpaired) electrons. The zero-order chi connectivity index (χ0) is 24.4. The minimum absolute atomic E-state index is 0.0267. The SMILES string of the molecule is CC(C)c1ccccc1Oc1coc2cc(OC(=O)c3ccc(Cl)c([N+](=O)[O-])c3)ccc2c1=O. The van der Waals surface area contributed by atoms with Gasteiger partial charge < -0.3 is 13.9 Å². The summed E-state index contributed by atoms with van der Waals surface area (Å²) in [5, 5.41) is 11.2. The first-order chi connectivity index (χ1) is 16.2. The van der Waals surface area contributed by atoms with Gasteiger partial charge in [0.05, 0.1) is 15.9 Å². The van der Waals surface area contributed by atoms with Crippen LogP contribution in [0.1, 0.15) is 35.7 Å². The summed E-state index contributed by atoms with van der Waals surface area (Å²) in [7, 11) is 0. The molecular weight excluding hydrogens is 462 g/mol. The molecule has 8 nitrogen and oxygen atoms in total. The largest absolute Gasteiger partial charge is 0.460 e. The van der Waals surface area contributed by atoms with E-state index in [0.717, 1.165) is 11.6 Å². The molecule has 4 aromatic rings. The Hall–Kier alpha value is -4.17. The first kappa shape index (κ1) is 23.0. The van der Waals surface area contributed by atoms with E-state index in [1.165, 1.54) is 36.6 Å². The Morgan fingerprint density at radius 1 is 1.06 bits per heavy atom. The summed E-state index contributed by atoms with van der Waals surface area (Å²) in [4.78, 5) is 35.7. The van der Waals surface area contributed by atoms with E-state index in [-0.39, 0.29) is 44.4 Å². The number of hydrogen-bond acceptors (Lipinski definition) is 7. The summed E-state index contributed by atoms with van der Waals surface area (Å²) in [5.41, 5.74) is 0.289. The maximum atomic E-state index is 12.9. The van der Waals surface area contributed by atoms with Gasteiger partial charge in [-0.1, -0.05) is 43.6 Å². The maximum Gasteiger partial charge on any atom is 0.343 e. The number of carbonyl (C=O) groups is 1. The van der Waals surface area contributed by atoms with Crippen LogP contribution < -0.4 is 14.9 Å². The molecule has 0 unspecified atom stereocenters. The number of nitrogens with zero attached hydrogens (tertiary/aromatic N) is 1. The Labute approximate surface area is 198 Å². The molecule has 0 aliphatic carbocycles. The van der Waals surface area contributed by atoms with E-state index in [1.807, 2.05) is 32.0 Å². The third-order valence-corrected chi connectivity index (χ3v) is 5.38. The molecule has 0 amide bonds. The fraction of sp³-hybridized carbons (Fsp3) is 0.120. The van der Waals surface area contributed by atoms with E-state index in [4.69, 9.17) is 25.5 Å². The minimum Gasteiger partial charge on any atom is -0.460 e. The van der Waals surface area contributed by atoms with Gasteiger partial charge >= 0.3 is 5.97 Å². The third-order valence-electron chi connectivity index (χ3n) is 5.06. The Morgan fingerprint density at radius 3 is 2.56 bits per heavy atom. The molecule has 9 heteroatoms. The molecule has 3 aromatic carbocycles. The Morgan fingerprint density at radius 2 is 1.82 bits per heavy atom. The highest BCUT2D eigenvalue weighted by Gasteiger charge is 2.19. The van der Waals surface area contributed by atoms with E-state index in [9.17, 15) is 19.7 Å². The number of para-hydroxylation sites is 1. The number of esters is 1. The van der Waals surface area contributed by atoms with Gasteiger partial charge in [0.25, 0.3) is 5.69 Å². The molecule has 0 fully saturated rings. The second-order valence-corrected chi connectivity index (χ2v) is 8.10. The molecule has 172 valence electrons. The third kappa shape index (κ3) is 4.62. The van der Waals surface area contributed by atoms with Gasteiger partial charge in [0.1, 0.15) is 28.4 Å². The van der Waals surface area contributed by atoms with Gasteiger partial charge in [0.15, 0.2) is 0 Å². The van der Waals surface area contributed by atoms with Crippen molar-refractivity contribution in [2.75, 3.05) is 0 Å². The average molecular weight is 480 g/mol. The van der Waals surface area contributed by atoms with Crippen molar-refractivity contribution in [1.29, 1.82) is 0 Å². The second-order valence-electron chi connectivity index (χ2n) is 7.69. The molecule has 0 atom stereocenters. The first-order valence-corrected chi connectivity index (χ1v) is 10.6. The molecule has 0 N–H and O–H groups in total. The van der Waals surface area contributed by atoms with E-state index in [2.05, 4.69) is 0 Å². The van der Waals surface area contributed by atoms with Gasteiger partial charge in [0, 0.05) is 12.1 Å². The van der Waals surface area contributed by atoms with Crippen molar-refractivity contribution in [1.82, 2.24) is 0 Å². The Bertz CT molecular complexity index is 1480. The highest BCUT2D eigenvalue weighted by Crippen LogP contribution is 2.31. The number of hydrogen-bond donors (Lipinski definition) is 0. The number of carbonyl (C=O) groups excluding carboxylic acids is 1. The highest BCUT2D eigenvalue weighted by molar-refractivity contribution is 6.32. The summed E-state index contributed by atoms with van der Waals surface area (Å²) in [6.07, 6.45) is 1.20. The summed E-state index contributed by atoms with van der Waals surface area (Å²) in [5.74, 6) is 0.0531. The predicted octanol–water partition coefficient (Wildman–Crippen LogP) is 6.49. The highest BCUT2D eigenvalue weighted by atomic mass is 35.5. The summed E-state index contributed by atoms with van der Waals surface area (Å²) < 4.78 is 16.7. The minimum atomic E-state index is -0.827. The number of benzene rings is 3. The van der Waals surface area contributed by atoms with Crippen LogP contribution in [0.25, 0.3) is 11.0 Å². The van der Waals surface area contributed by atoms with Gasteiger partial charge in [-0.2, -0.15) is 0 Å². The molecule has 0 aliphatic rings. The first-order valence-electron chi connectivity index (χ1n) is 10.2. The Kier molecular flexibility index (Phi) is 6.34. The molecule has 0 spiro atoms. The number of halogens is 1. The summed E-state index contributed by atoms with van der Waals surface area (Å²) in [6.45, 7) is 4.05. The molecule has 1 heterocycles. The number of nitro groups is 1. The van der Waals surface area contributed by atoms with E-state index in [1.54, 1.807) is 6.07 Å². The number of rotatable bonds is 6. The number of nitro benzene ring substituents is 1. The van der Waals surface area contributed by atoms with Crippen LogP contribution in [0.4, 0.5) is 5.69 Å². The molecule has 1 aromatic heterocycles. The fourth-order valence-electron chi connectivity index (χ4n) is 3.34. The smallest absolute Gasteiger partial charge is 0.343 e. The van der Waals surface area contributed by atoms with Crippen molar-refractivity contribution in [3.8, 4) is 17.2 Å². The second kappa shape index (κ2) is 9.36. The quantitative estimate of drug-likeness (QED) is 0.134. The van der Waals surface area contributed by atoms with Gasteiger partial charge in [-0.05, 0) is 41.8 Å². The van der Waals surface area contributed by atoms with Crippen molar-refractivity contribution in [2.24, 2.45) is 0 Å². The molecule has 0 saturated heterocycles. The van der Waals surface area contributed by atoms with Crippen LogP contribution in [0.2, 0.25) is 5.02 Å². The molecule has 4 rings (SSSR count). The van der Waals surface area contributed by atoms with Crippen LogP contribution in [0.5, 0.6) is 17.2 Å². The van der Waals surface area contributed by atoms with E-state index < -0.39 is 16.6 Å². The number of fused-ring (bicyclic) bond motifs is 1. The van der Waals surface area contributed by atoms with Crippen LogP contribution >= 0.6 is 11.6 Å². The van der Waals surface area contributed by atoms with Crippen LogP contribution in [-0.4, -0.2) is 10.9 Å². The predicted molar refractivity (Wildman–Crippen MR) is 126 cm³/mol. The average Bonchev–Trinajstić information content (AvgIpc) is 2.81. The zero-order valence-corrected chi connectivity index (χ0v) is 18.9. The van der Waals surface area contributed by atoms with Crippen LogP contribution in [-0.2, 0) is 0 Å². The zero-order valence-electron chi connectivity index (χ0n) is 18.1. The normalized spacial score (nSPS) is 10.9. The van der Waals surface area contributed by atoms with Gasteiger partial charge in [-0.25, -0.2) is 4.79 Å². The van der Waals surface area contributed by atoms with Crippen molar-refractivity contribution in [2.45, 2.75) is 19.8 Å². The van der Waals surface area contributed by atoms with Gasteiger partial charge in [-0.3, -0.25) is 14.9 Å². The molecular formula is C25H18ClNO7. The fourth-order valence-corrected chi connectivity index (χ4v) is 3.53. The van der Waals surface area contributed by atoms with E-state index >= 15 is 0 Å². The van der Waals surface area contributed by atoms with Crippen LogP contribution in [0, 0.1) is 10.1 Å². The lowest BCUT2D eigenvalue weighted by molar-refractivity contribution is -0.384. The maximum absolute atomic E-state index is 12.9. The summed E-state index contributed by atoms with van der Waals surface area (Å²) in [6, 6.07) is 15.3. The lowest BCUT2D eigenvalue weighted by atomic mass is 10.0. The lowest BCUT2D eigenvalue weighted by Gasteiger charge is -2.13. The molecule has 34 heavy (non-hydrogen) atoms. The lowest BCUT2D eigenvalue weighted by Crippen LogP contribution is -2.10. The van der Waals surface area contributed by atoms with Crippen LogP contribution in [0.15, 0.2) is 76.1 Å². The Balaban J connectivity index is 1.60. The standard InChI is InChI=1S/C25H18ClNO7/c1-14(2)17-5-3-4-6-21(17)34-23-13-32-22-12-16(8-9-18(22)24(23)28)33-25(29)15-7-10-19(26)20(11-15)27(30)31/h3-14H,1-2H3. The molecule has 0 bridgehead atoms. The van der Waals surface area contributed by atoms with E-state index in [0.29, 0.717) is 5.75 Å². The van der Waals surface area contributed by atoms with Crippen molar-refractivity contribution >= 4 is 34.2 Å². The molecule has 0 saturated carbocycles. The van der Waals surface area contributed by atoms with Crippen molar-refractivity contribution in [3.63, 3.8) is 0 Å². The van der Waals surface area contributed by atoms with Gasteiger partial charge in [-0.15, -0.1) is 0 Å².